The van der Waals surface area contributed by atoms with Crippen molar-refractivity contribution >= 4 is 15.9 Å². The van der Waals surface area contributed by atoms with Crippen LogP contribution in [0.2, 0.25) is 0 Å². The SMILES string of the molecule is CC[C@H](CS(=O)(=O)c1ccc(C)c(C)c1)NC(=O)NCCOC. The Kier molecular flexibility index (Phi) is 7.51. The van der Waals surface area contributed by atoms with Gasteiger partial charge in [-0.3, -0.25) is 0 Å². The van der Waals surface area contributed by atoms with Crippen LogP contribution in [0.15, 0.2) is 23.1 Å². The molecule has 0 bridgehead atoms. The molecular weight excluding hydrogens is 316 g/mol. The predicted molar refractivity (Wildman–Crippen MR) is 90.5 cm³/mol. The smallest absolute Gasteiger partial charge is 0.315 e. The Bertz CT molecular complexity index is 629. The van der Waals surface area contributed by atoms with Gasteiger partial charge < -0.3 is 15.4 Å². The minimum Gasteiger partial charge on any atom is -0.383 e. The first kappa shape index (κ1) is 19.4. The Morgan fingerprint density at radius 1 is 1.26 bits per heavy atom. The number of carbonyl (C=O) groups is 1. The third kappa shape index (κ3) is 6.19. The molecule has 130 valence electrons. The van der Waals surface area contributed by atoms with Crippen LogP contribution in [-0.4, -0.2) is 46.5 Å². The lowest BCUT2D eigenvalue weighted by molar-refractivity contribution is 0.195. The molecule has 1 aromatic rings. The lowest BCUT2D eigenvalue weighted by Crippen LogP contribution is -2.45. The summed E-state index contributed by atoms with van der Waals surface area (Å²) in [4.78, 5) is 12.0. The molecule has 0 unspecified atom stereocenters. The van der Waals surface area contributed by atoms with E-state index in [9.17, 15) is 13.2 Å². The summed E-state index contributed by atoms with van der Waals surface area (Å²) in [5.41, 5.74) is 1.98. The van der Waals surface area contributed by atoms with Crippen LogP contribution in [0.4, 0.5) is 4.79 Å². The summed E-state index contributed by atoms with van der Waals surface area (Å²) in [6.45, 7) is 6.45. The van der Waals surface area contributed by atoms with E-state index in [1.54, 1.807) is 25.3 Å². The van der Waals surface area contributed by atoms with Gasteiger partial charge in [-0.2, -0.15) is 0 Å². The second-order valence-electron chi connectivity index (χ2n) is 5.53. The molecule has 0 aliphatic rings. The number of urea groups is 1. The summed E-state index contributed by atoms with van der Waals surface area (Å²) in [5, 5.41) is 5.31. The van der Waals surface area contributed by atoms with Crippen LogP contribution < -0.4 is 10.6 Å². The molecule has 2 N–H and O–H groups in total. The predicted octanol–water partition coefficient (Wildman–Crippen LogP) is 1.80. The van der Waals surface area contributed by atoms with Gasteiger partial charge in [0.05, 0.1) is 17.3 Å². The van der Waals surface area contributed by atoms with Gasteiger partial charge in [0.1, 0.15) is 0 Å². The molecule has 1 aromatic carbocycles. The molecule has 1 atom stereocenters. The first-order valence-corrected chi connectivity index (χ1v) is 9.28. The number of rotatable bonds is 8. The number of methoxy groups -OCH3 is 1. The summed E-state index contributed by atoms with van der Waals surface area (Å²) in [6, 6.07) is 4.26. The maximum Gasteiger partial charge on any atom is 0.315 e. The molecule has 1 rings (SSSR count). The number of nitrogens with one attached hydrogen (secondary N) is 2. The van der Waals surface area contributed by atoms with Crippen LogP contribution in [0.1, 0.15) is 24.5 Å². The molecule has 0 spiro atoms. The highest BCUT2D eigenvalue weighted by Crippen LogP contribution is 2.17. The Morgan fingerprint density at radius 2 is 1.96 bits per heavy atom. The maximum absolute atomic E-state index is 12.5. The highest BCUT2D eigenvalue weighted by Gasteiger charge is 2.22. The summed E-state index contributed by atoms with van der Waals surface area (Å²) in [6.07, 6.45) is 0.530. The quantitative estimate of drug-likeness (QED) is 0.706. The van der Waals surface area contributed by atoms with Crippen molar-refractivity contribution in [1.82, 2.24) is 10.6 Å². The zero-order valence-corrected chi connectivity index (χ0v) is 15.0. The van der Waals surface area contributed by atoms with Gasteiger partial charge in [-0.1, -0.05) is 13.0 Å². The number of hydrogen-bond donors (Lipinski definition) is 2. The first-order chi connectivity index (χ1) is 10.8. The third-order valence-corrected chi connectivity index (χ3v) is 5.49. The lowest BCUT2D eigenvalue weighted by Gasteiger charge is -2.18. The van der Waals surface area contributed by atoms with Crippen molar-refractivity contribution < 1.29 is 17.9 Å². The minimum absolute atomic E-state index is 0.121. The van der Waals surface area contributed by atoms with Gasteiger partial charge in [-0.25, -0.2) is 13.2 Å². The van der Waals surface area contributed by atoms with E-state index in [1.165, 1.54) is 0 Å². The topological polar surface area (TPSA) is 84.5 Å². The van der Waals surface area contributed by atoms with Crippen LogP contribution in [-0.2, 0) is 14.6 Å². The molecule has 0 fully saturated rings. The molecule has 0 heterocycles. The van der Waals surface area contributed by atoms with Crippen molar-refractivity contribution in [1.29, 1.82) is 0 Å². The van der Waals surface area contributed by atoms with Crippen molar-refractivity contribution in [3.63, 3.8) is 0 Å². The van der Waals surface area contributed by atoms with Crippen molar-refractivity contribution in [2.45, 2.75) is 38.1 Å². The van der Waals surface area contributed by atoms with Gasteiger partial charge in [0, 0.05) is 19.7 Å². The standard InChI is InChI=1S/C16H26N2O4S/c1-5-14(18-16(19)17-8-9-22-4)11-23(20,21)15-7-6-12(2)13(3)10-15/h6-7,10,14H,5,8-9,11H2,1-4H3,(H2,17,18,19)/t14-/m1/s1. The van der Waals surface area contributed by atoms with E-state index in [0.29, 0.717) is 24.5 Å². The van der Waals surface area contributed by atoms with Gasteiger partial charge in [0.15, 0.2) is 9.84 Å². The summed E-state index contributed by atoms with van der Waals surface area (Å²) in [7, 11) is -1.90. The second-order valence-corrected chi connectivity index (χ2v) is 7.56. The molecule has 6 nitrogen and oxygen atoms in total. The fourth-order valence-electron chi connectivity index (χ4n) is 2.03. The molecule has 0 aliphatic heterocycles. The zero-order valence-electron chi connectivity index (χ0n) is 14.2. The first-order valence-electron chi connectivity index (χ1n) is 7.63. The molecule has 23 heavy (non-hydrogen) atoms. The van der Waals surface area contributed by atoms with Gasteiger partial charge in [-0.15, -0.1) is 0 Å². The number of aryl methyl sites for hydroxylation is 2. The highest BCUT2D eigenvalue weighted by molar-refractivity contribution is 7.91. The van der Waals surface area contributed by atoms with Crippen LogP contribution >= 0.6 is 0 Å². The Labute approximate surface area is 138 Å². The van der Waals surface area contributed by atoms with E-state index in [4.69, 9.17) is 4.74 Å². The van der Waals surface area contributed by atoms with E-state index >= 15 is 0 Å². The van der Waals surface area contributed by atoms with E-state index in [1.807, 2.05) is 20.8 Å². The van der Waals surface area contributed by atoms with Gasteiger partial charge in [-0.05, 0) is 43.5 Å². The van der Waals surface area contributed by atoms with Crippen LogP contribution in [0.3, 0.4) is 0 Å². The normalized spacial score (nSPS) is 12.7. The van der Waals surface area contributed by atoms with E-state index in [0.717, 1.165) is 11.1 Å². The van der Waals surface area contributed by atoms with Crippen molar-refractivity contribution in [2.75, 3.05) is 26.0 Å². The van der Waals surface area contributed by atoms with E-state index < -0.39 is 15.9 Å². The summed E-state index contributed by atoms with van der Waals surface area (Å²) in [5.74, 6) is -0.121. The summed E-state index contributed by atoms with van der Waals surface area (Å²) < 4.78 is 29.9. The molecule has 2 amide bonds. The second kappa shape index (κ2) is 8.88. The van der Waals surface area contributed by atoms with Crippen LogP contribution in [0, 0.1) is 13.8 Å². The summed E-state index contributed by atoms with van der Waals surface area (Å²) >= 11 is 0. The largest absolute Gasteiger partial charge is 0.383 e. The van der Waals surface area contributed by atoms with Crippen LogP contribution in [0.5, 0.6) is 0 Å². The Morgan fingerprint density at radius 3 is 2.52 bits per heavy atom. The monoisotopic (exact) mass is 342 g/mol. The number of amides is 2. The molecule has 0 saturated heterocycles. The number of benzene rings is 1. The number of ether oxygens (including phenoxy) is 1. The average molecular weight is 342 g/mol. The number of hydrogen-bond acceptors (Lipinski definition) is 4. The van der Waals surface area contributed by atoms with E-state index in [-0.39, 0.29) is 11.8 Å². The molecular formula is C16H26N2O4S. The molecule has 0 aromatic heterocycles. The highest BCUT2D eigenvalue weighted by atomic mass is 32.2. The Hall–Kier alpha value is -1.60. The fourth-order valence-corrected chi connectivity index (χ4v) is 3.71. The number of carbonyl (C=O) groups excluding carboxylic acids is 1. The van der Waals surface area contributed by atoms with Crippen molar-refractivity contribution in [3.8, 4) is 0 Å². The van der Waals surface area contributed by atoms with Gasteiger partial charge in [0.25, 0.3) is 0 Å². The zero-order chi connectivity index (χ0) is 17.5. The average Bonchev–Trinajstić information content (AvgIpc) is 2.49. The lowest BCUT2D eigenvalue weighted by atomic mass is 10.1. The van der Waals surface area contributed by atoms with Gasteiger partial charge >= 0.3 is 6.03 Å². The molecule has 0 radical (unpaired) electrons. The maximum atomic E-state index is 12.5. The number of sulfone groups is 1. The fraction of sp³-hybridized carbons (Fsp3) is 0.562. The van der Waals surface area contributed by atoms with Crippen molar-refractivity contribution in [2.24, 2.45) is 0 Å². The Balaban J connectivity index is 2.72. The molecule has 7 heteroatoms. The molecule has 0 saturated carbocycles. The third-order valence-electron chi connectivity index (χ3n) is 3.68. The van der Waals surface area contributed by atoms with Crippen LogP contribution in [0.25, 0.3) is 0 Å². The molecule has 0 aliphatic carbocycles. The van der Waals surface area contributed by atoms with E-state index in [2.05, 4.69) is 10.6 Å². The van der Waals surface area contributed by atoms with Crippen molar-refractivity contribution in [3.05, 3.63) is 29.3 Å². The minimum atomic E-state index is -3.45. The van der Waals surface area contributed by atoms with Gasteiger partial charge in [0.2, 0.25) is 0 Å².